The molecule has 1 N–H and O–H groups in total. The number of nitrogens with one attached hydrogen (secondary N) is 1. The maximum absolute atomic E-state index is 13.5. The number of carbonyl (C=O) groups is 1. The quantitative estimate of drug-likeness (QED) is 0.908. The van der Waals surface area contributed by atoms with E-state index in [1.165, 1.54) is 18.0 Å². The fraction of sp³-hybridized carbons (Fsp3) is 0.0833. The van der Waals surface area contributed by atoms with Crippen LogP contribution >= 0.6 is 15.9 Å². The first-order chi connectivity index (χ1) is 8.09. The predicted octanol–water partition coefficient (Wildman–Crippen LogP) is 3.19. The Morgan fingerprint density at radius 3 is 2.71 bits per heavy atom. The third-order valence-corrected chi connectivity index (χ3v) is 2.85. The molecule has 0 fully saturated rings. The van der Waals surface area contributed by atoms with Crippen LogP contribution in [-0.4, -0.2) is 17.9 Å². The first-order valence-electron chi connectivity index (χ1n) is 4.96. The standard InChI is InChI=1S/C12H10BrFN2O/c1-16(11-5-3-2-4-9(11)14)12(17)10-6-8(13)7-15-10/h2-7,15H,1H3. The van der Waals surface area contributed by atoms with Crippen molar-refractivity contribution in [1.82, 2.24) is 4.98 Å². The molecule has 1 amide bonds. The Kier molecular flexibility index (Phi) is 3.28. The van der Waals surface area contributed by atoms with Crippen LogP contribution in [0.3, 0.4) is 0 Å². The minimum atomic E-state index is -0.422. The van der Waals surface area contributed by atoms with Gasteiger partial charge in [0.05, 0.1) is 5.69 Å². The number of carbonyl (C=O) groups excluding carboxylic acids is 1. The van der Waals surface area contributed by atoms with Crippen LogP contribution in [0.25, 0.3) is 0 Å². The summed E-state index contributed by atoms with van der Waals surface area (Å²) in [6.07, 6.45) is 1.66. The maximum atomic E-state index is 13.5. The SMILES string of the molecule is CN(C(=O)c1cc(Br)c[nH]1)c1ccccc1F. The molecule has 3 nitrogen and oxygen atoms in total. The maximum Gasteiger partial charge on any atom is 0.274 e. The summed E-state index contributed by atoms with van der Waals surface area (Å²) in [4.78, 5) is 16.1. The Morgan fingerprint density at radius 2 is 2.12 bits per heavy atom. The lowest BCUT2D eigenvalue weighted by Crippen LogP contribution is -2.27. The van der Waals surface area contributed by atoms with Crippen LogP contribution in [0.2, 0.25) is 0 Å². The van der Waals surface area contributed by atoms with E-state index in [0.717, 1.165) is 4.47 Å². The number of H-pyrrole nitrogens is 1. The molecule has 0 atom stereocenters. The Bertz CT molecular complexity index is 553. The molecule has 0 saturated heterocycles. The minimum Gasteiger partial charge on any atom is -0.356 e. The molecular weight excluding hydrogens is 287 g/mol. The van der Waals surface area contributed by atoms with Crippen molar-refractivity contribution in [2.24, 2.45) is 0 Å². The second-order valence-electron chi connectivity index (χ2n) is 3.55. The lowest BCUT2D eigenvalue weighted by atomic mass is 10.2. The lowest BCUT2D eigenvalue weighted by Gasteiger charge is -2.16. The number of para-hydroxylation sites is 1. The third-order valence-electron chi connectivity index (χ3n) is 2.40. The van der Waals surface area contributed by atoms with Crippen molar-refractivity contribution < 1.29 is 9.18 Å². The van der Waals surface area contributed by atoms with Gasteiger partial charge in [0.1, 0.15) is 11.5 Å². The number of aromatic amines is 1. The van der Waals surface area contributed by atoms with Crippen LogP contribution in [0.4, 0.5) is 10.1 Å². The van der Waals surface area contributed by atoms with Gasteiger partial charge in [0.15, 0.2) is 0 Å². The lowest BCUT2D eigenvalue weighted by molar-refractivity contribution is 0.0988. The minimum absolute atomic E-state index is 0.253. The Hall–Kier alpha value is -1.62. The van der Waals surface area contributed by atoms with Gasteiger partial charge in [-0.25, -0.2) is 4.39 Å². The van der Waals surface area contributed by atoms with Crippen LogP contribution in [0.1, 0.15) is 10.5 Å². The van der Waals surface area contributed by atoms with Crippen molar-refractivity contribution in [1.29, 1.82) is 0 Å². The van der Waals surface area contributed by atoms with E-state index >= 15 is 0 Å². The van der Waals surface area contributed by atoms with Crippen molar-refractivity contribution >= 4 is 27.5 Å². The van der Waals surface area contributed by atoms with Crippen LogP contribution in [-0.2, 0) is 0 Å². The van der Waals surface area contributed by atoms with E-state index in [1.54, 1.807) is 30.5 Å². The second-order valence-corrected chi connectivity index (χ2v) is 4.46. The van der Waals surface area contributed by atoms with Gasteiger partial charge in [-0.3, -0.25) is 4.79 Å². The van der Waals surface area contributed by atoms with Gasteiger partial charge in [-0.1, -0.05) is 12.1 Å². The summed E-state index contributed by atoms with van der Waals surface area (Å²) >= 11 is 3.24. The third kappa shape index (κ3) is 2.39. The summed E-state index contributed by atoms with van der Waals surface area (Å²) in [6, 6.07) is 7.81. The average Bonchev–Trinajstić information content (AvgIpc) is 2.75. The number of amides is 1. The molecular formula is C12H10BrFN2O. The number of hydrogen-bond acceptors (Lipinski definition) is 1. The normalized spacial score (nSPS) is 10.3. The number of aromatic nitrogens is 1. The van der Waals surface area contributed by atoms with Gasteiger partial charge in [-0.2, -0.15) is 0 Å². The molecule has 1 heterocycles. The van der Waals surface area contributed by atoms with Crippen molar-refractivity contribution in [3.63, 3.8) is 0 Å². The zero-order valence-corrected chi connectivity index (χ0v) is 10.7. The molecule has 2 rings (SSSR count). The van der Waals surface area contributed by atoms with Crippen LogP contribution in [0.15, 0.2) is 41.0 Å². The van der Waals surface area contributed by atoms with E-state index in [0.29, 0.717) is 5.69 Å². The summed E-state index contributed by atoms with van der Waals surface area (Å²) in [7, 11) is 1.54. The van der Waals surface area contributed by atoms with E-state index in [-0.39, 0.29) is 11.6 Å². The molecule has 1 aromatic heterocycles. The highest BCUT2D eigenvalue weighted by Crippen LogP contribution is 2.20. The highest BCUT2D eigenvalue weighted by atomic mass is 79.9. The summed E-state index contributed by atoms with van der Waals surface area (Å²) in [5.74, 6) is -0.713. The number of benzene rings is 1. The Morgan fingerprint density at radius 1 is 1.41 bits per heavy atom. The van der Waals surface area contributed by atoms with E-state index in [9.17, 15) is 9.18 Å². The fourth-order valence-corrected chi connectivity index (χ4v) is 1.85. The molecule has 5 heteroatoms. The molecule has 0 aliphatic rings. The summed E-state index contributed by atoms with van der Waals surface area (Å²) in [5.41, 5.74) is 0.658. The number of rotatable bonds is 2. The van der Waals surface area contributed by atoms with Crippen LogP contribution < -0.4 is 4.90 Å². The highest BCUT2D eigenvalue weighted by Gasteiger charge is 2.17. The summed E-state index contributed by atoms with van der Waals surface area (Å²) in [6.45, 7) is 0. The molecule has 0 aliphatic heterocycles. The van der Waals surface area contributed by atoms with Gasteiger partial charge >= 0.3 is 0 Å². The van der Waals surface area contributed by atoms with Gasteiger partial charge in [0, 0.05) is 17.7 Å². The molecule has 17 heavy (non-hydrogen) atoms. The predicted molar refractivity (Wildman–Crippen MR) is 67.6 cm³/mol. The summed E-state index contributed by atoms with van der Waals surface area (Å²) in [5, 5.41) is 0. The van der Waals surface area contributed by atoms with E-state index < -0.39 is 5.82 Å². The van der Waals surface area contributed by atoms with Crippen molar-refractivity contribution in [2.75, 3.05) is 11.9 Å². The van der Waals surface area contributed by atoms with E-state index in [4.69, 9.17) is 0 Å². The zero-order chi connectivity index (χ0) is 12.4. The molecule has 0 aliphatic carbocycles. The zero-order valence-electron chi connectivity index (χ0n) is 9.08. The molecule has 0 radical (unpaired) electrons. The van der Waals surface area contributed by atoms with Gasteiger partial charge in [-0.15, -0.1) is 0 Å². The monoisotopic (exact) mass is 296 g/mol. The molecule has 1 aromatic carbocycles. The Labute approximate surface area is 106 Å². The second kappa shape index (κ2) is 4.71. The van der Waals surface area contributed by atoms with Crippen molar-refractivity contribution in [3.8, 4) is 0 Å². The molecule has 0 spiro atoms. The number of nitrogens with zero attached hydrogens (tertiary/aromatic N) is 1. The van der Waals surface area contributed by atoms with Crippen LogP contribution in [0.5, 0.6) is 0 Å². The van der Waals surface area contributed by atoms with Crippen molar-refractivity contribution in [3.05, 3.63) is 52.5 Å². The number of hydrogen-bond donors (Lipinski definition) is 1. The molecule has 88 valence electrons. The largest absolute Gasteiger partial charge is 0.356 e. The average molecular weight is 297 g/mol. The molecule has 0 saturated carbocycles. The first kappa shape index (κ1) is 11.9. The van der Waals surface area contributed by atoms with Gasteiger partial charge in [-0.05, 0) is 34.1 Å². The Balaban J connectivity index is 2.29. The topological polar surface area (TPSA) is 36.1 Å². The smallest absolute Gasteiger partial charge is 0.274 e. The first-order valence-corrected chi connectivity index (χ1v) is 5.75. The van der Waals surface area contributed by atoms with Gasteiger partial charge in [0.25, 0.3) is 5.91 Å². The van der Waals surface area contributed by atoms with E-state index in [1.807, 2.05) is 0 Å². The highest BCUT2D eigenvalue weighted by molar-refractivity contribution is 9.10. The van der Waals surface area contributed by atoms with Crippen molar-refractivity contribution in [2.45, 2.75) is 0 Å². The number of halogens is 2. The van der Waals surface area contributed by atoms with Gasteiger partial charge in [0.2, 0.25) is 0 Å². The summed E-state index contributed by atoms with van der Waals surface area (Å²) < 4.78 is 14.3. The van der Waals surface area contributed by atoms with Gasteiger partial charge < -0.3 is 9.88 Å². The molecule has 0 unspecified atom stereocenters. The number of anilines is 1. The van der Waals surface area contributed by atoms with E-state index in [2.05, 4.69) is 20.9 Å². The molecule has 0 bridgehead atoms. The fourth-order valence-electron chi connectivity index (χ4n) is 1.51. The molecule has 2 aromatic rings. The van der Waals surface area contributed by atoms with Crippen LogP contribution in [0, 0.1) is 5.82 Å².